The van der Waals surface area contributed by atoms with Crippen LogP contribution in [0.3, 0.4) is 0 Å². The minimum atomic E-state index is -0.653. The van der Waals surface area contributed by atoms with Gasteiger partial charge in [-0.2, -0.15) is 5.10 Å². The average molecular weight is 235 g/mol. The normalized spacial score (nSPS) is 10.2. The molecule has 2 aromatic rings. The van der Waals surface area contributed by atoms with E-state index in [2.05, 4.69) is 20.5 Å². The van der Waals surface area contributed by atoms with Crippen LogP contribution in [-0.4, -0.2) is 21.1 Å². The highest BCUT2D eigenvalue weighted by Gasteiger charge is 2.11. The van der Waals surface area contributed by atoms with Crippen LogP contribution in [0.25, 0.3) is 0 Å². The van der Waals surface area contributed by atoms with Crippen LogP contribution in [0.2, 0.25) is 0 Å². The van der Waals surface area contributed by atoms with E-state index in [1.54, 1.807) is 0 Å². The number of halogens is 1. The largest absolute Gasteiger partial charge is 0.399 e. The number of benzene rings is 1. The van der Waals surface area contributed by atoms with E-state index < -0.39 is 11.7 Å². The van der Waals surface area contributed by atoms with Crippen molar-refractivity contribution in [3.05, 3.63) is 41.7 Å². The van der Waals surface area contributed by atoms with Crippen LogP contribution in [0.4, 0.5) is 10.1 Å². The molecule has 0 saturated carbocycles. The van der Waals surface area contributed by atoms with E-state index in [1.165, 1.54) is 18.5 Å². The molecule has 0 aliphatic heterocycles. The monoisotopic (exact) mass is 235 g/mol. The minimum absolute atomic E-state index is 0.0567. The summed E-state index contributed by atoms with van der Waals surface area (Å²) in [5.41, 5.74) is 5.60. The highest BCUT2D eigenvalue weighted by molar-refractivity contribution is 5.94. The first-order valence-electron chi connectivity index (χ1n) is 4.84. The van der Waals surface area contributed by atoms with Crippen molar-refractivity contribution >= 4 is 11.6 Å². The Balaban J connectivity index is 2.04. The maximum Gasteiger partial charge on any atom is 0.254 e. The zero-order valence-corrected chi connectivity index (χ0v) is 8.77. The molecule has 0 saturated heterocycles. The lowest BCUT2D eigenvalue weighted by molar-refractivity contribution is 0.0946. The van der Waals surface area contributed by atoms with E-state index >= 15 is 0 Å². The van der Waals surface area contributed by atoms with Crippen molar-refractivity contribution in [3.8, 4) is 0 Å². The number of amides is 1. The van der Waals surface area contributed by atoms with E-state index in [4.69, 9.17) is 5.73 Å². The Hall–Kier alpha value is -2.44. The second-order valence-electron chi connectivity index (χ2n) is 3.35. The molecule has 0 fully saturated rings. The number of rotatable bonds is 3. The SMILES string of the molecule is Nc1ccc(C(=O)NCc2ncn[nH]2)c(F)c1. The first kappa shape index (κ1) is 11.1. The molecular weight excluding hydrogens is 225 g/mol. The molecule has 0 aliphatic carbocycles. The van der Waals surface area contributed by atoms with Gasteiger partial charge in [0, 0.05) is 5.69 Å². The number of anilines is 1. The Kier molecular flexibility index (Phi) is 2.99. The molecule has 0 radical (unpaired) electrons. The van der Waals surface area contributed by atoms with E-state index in [9.17, 15) is 9.18 Å². The highest BCUT2D eigenvalue weighted by atomic mass is 19.1. The van der Waals surface area contributed by atoms with Gasteiger partial charge in [0.15, 0.2) is 0 Å². The molecule has 0 bridgehead atoms. The summed E-state index contributed by atoms with van der Waals surface area (Å²) in [7, 11) is 0. The molecule has 0 spiro atoms. The van der Waals surface area contributed by atoms with Crippen molar-refractivity contribution in [2.75, 3.05) is 5.73 Å². The topological polar surface area (TPSA) is 96.7 Å². The molecule has 2 rings (SSSR count). The molecule has 1 amide bonds. The zero-order valence-electron chi connectivity index (χ0n) is 8.77. The van der Waals surface area contributed by atoms with Gasteiger partial charge in [0.05, 0.1) is 12.1 Å². The molecule has 0 aliphatic rings. The predicted molar refractivity (Wildman–Crippen MR) is 58.4 cm³/mol. The van der Waals surface area contributed by atoms with Crippen LogP contribution in [-0.2, 0) is 6.54 Å². The summed E-state index contributed by atoms with van der Waals surface area (Å²) in [6.07, 6.45) is 1.32. The molecule has 88 valence electrons. The number of aromatic nitrogens is 3. The Bertz CT molecular complexity index is 525. The fraction of sp³-hybridized carbons (Fsp3) is 0.100. The van der Waals surface area contributed by atoms with Gasteiger partial charge in [-0.3, -0.25) is 9.89 Å². The summed E-state index contributed by atoms with van der Waals surface area (Å²) in [5, 5.41) is 8.71. The summed E-state index contributed by atoms with van der Waals surface area (Å²) >= 11 is 0. The number of hydrogen-bond donors (Lipinski definition) is 3. The lowest BCUT2D eigenvalue weighted by Gasteiger charge is -2.04. The van der Waals surface area contributed by atoms with Crippen molar-refractivity contribution in [3.63, 3.8) is 0 Å². The van der Waals surface area contributed by atoms with Crippen molar-refractivity contribution in [1.82, 2.24) is 20.5 Å². The first-order valence-corrected chi connectivity index (χ1v) is 4.84. The number of nitrogens with one attached hydrogen (secondary N) is 2. The number of nitrogens with zero attached hydrogens (tertiary/aromatic N) is 2. The number of nitrogen functional groups attached to an aromatic ring is 1. The minimum Gasteiger partial charge on any atom is -0.399 e. The fourth-order valence-electron chi connectivity index (χ4n) is 1.29. The van der Waals surface area contributed by atoms with Crippen LogP contribution >= 0.6 is 0 Å². The van der Waals surface area contributed by atoms with Crippen molar-refractivity contribution in [2.45, 2.75) is 6.54 Å². The average Bonchev–Trinajstić information content (AvgIpc) is 2.78. The number of carbonyl (C=O) groups is 1. The van der Waals surface area contributed by atoms with Gasteiger partial charge in [-0.25, -0.2) is 9.37 Å². The summed E-state index contributed by atoms with van der Waals surface area (Å²) in [6.45, 7) is 0.155. The molecule has 0 unspecified atom stereocenters. The fourth-order valence-corrected chi connectivity index (χ4v) is 1.29. The Labute approximate surface area is 96.1 Å². The number of aromatic amines is 1. The van der Waals surface area contributed by atoms with Crippen LogP contribution < -0.4 is 11.1 Å². The standard InChI is InChI=1S/C10H10FN5O/c11-8-3-6(12)1-2-7(8)10(17)13-4-9-14-5-15-16-9/h1-3,5H,4,12H2,(H,13,17)(H,14,15,16). The van der Waals surface area contributed by atoms with Gasteiger partial charge < -0.3 is 11.1 Å². The van der Waals surface area contributed by atoms with Crippen LogP contribution in [0, 0.1) is 5.82 Å². The van der Waals surface area contributed by atoms with Gasteiger partial charge in [0.2, 0.25) is 0 Å². The van der Waals surface area contributed by atoms with Gasteiger partial charge in [0.1, 0.15) is 18.0 Å². The lowest BCUT2D eigenvalue weighted by atomic mass is 10.2. The van der Waals surface area contributed by atoms with Crippen molar-refractivity contribution in [1.29, 1.82) is 0 Å². The van der Waals surface area contributed by atoms with E-state index in [0.29, 0.717) is 5.82 Å². The van der Waals surface area contributed by atoms with Crippen LogP contribution in [0.15, 0.2) is 24.5 Å². The van der Waals surface area contributed by atoms with Crippen LogP contribution in [0.1, 0.15) is 16.2 Å². The van der Waals surface area contributed by atoms with Crippen molar-refractivity contribution < 1.29 is 9.18 Å². The molecule has 6 nitrogen and oxygen atoms in total. The third-order valence-electron chi connectivity index (χ3n) is 2.12. The number of hydrogen-bond acceptors (Lipinski definition) is 4. The van der Waals surface area contributed by atoms with Crippen molar-refractivity contribution in [2.24, 2.45) is 0 Å². The molecule has 17 heavy (non-hydrogen) atoms. The van der Waals surface area contributed by atoms with Gasteiger partial charge in [0.25, 0.3) is 5.91 Å². The number of carbonyl (C=O) groups excluding carboxylic acids is 1. The smallest absolute Gasteiger partial charge is 0.254 e. The molecule has 4 N–H and O–H groups in total. The van der Waals surface area contributed by atoms with E-state index in [1.807, 2.05) is 0 Å². The summed E-state index contributed by atoms with van der Waals surface area (Å²) in [6, 6.07) is 3.90. The quantitative estimate of drug-likeness (QED) is 0.673. The lowest BCUT2D eigenvalue weighted by Crippen LogP contribution is -2.24. The first-order chi connectivity index (χ1) is 8.16. The zero-order chi connectivity index (χ0) is 12.3. The molecule has 7 heteroatoms. The summed E-state index contributed by atoms with van der Waals surface area (Å²) < 4.78 is 13.4. The summed E-state index contributed by atoms with van der Waals surface area (Å²) in [5.74, 6) is -0.687. The summed E-state index contributed by atoms with van der Waals surface area (Å²) in [4.78, 5) is 15.4. The predicted octanol–water partition coefficient (Wildman–Crippen LogP) is 0.456. The second-order valence-corrected chi connectivity index (χ2v) is 3.35. The van der Waals surface area contributed by atoms with Crippen LogP contribution in [0.5, 0.6) is 0 Å². The third kappa shape index (κ3) is 2.57. The van der Waals surface area contributed by atoms with E-state index in [-0.39, 0.29) is 17.8 Å². The Morgan fingerprint density at radius 1 is 1.53 bits per heavy atom. The van der Waals surface area contributed by atoms with Gasteiger partial charge >= 0.3 is 0 Å². The third-order valence-corrected chi connectivity index (χ3v) is 2.12. The molecule has 1 aromatic carbocycles. The van der Waals surface area contributed by atoms with E-state index in [0.717, 1.165) is 6.07 Å². The molecular formula is C10H10FN5O. The Morgan fingerprint density at radius 3 is 3.00 bits per heavy atom. The maximum atomic E-state index is 13.4. The highest BCUT2D eigenvalue weighted by Crippen LogP contribution is 2.11. The van der Waals surface area contributed by atoms with Gasteiger partial charge in [-0.1, -0.05) is 0 Å². The molecule has 1 heterocycles. The molecule has 0 atom stereocenters. The Morgan fingerprint density at radius 2 is 2.35 bits per heavy atom. The number of H-pyrrole nitrogens is 1. The number of nitrogens with two attached hydrogens (primary N) is 1. The van der Waals surface area contributed by atoms with Gasteiger partial charge in [-0.05, 0) is 18.2 Å². The van der Waals surface area contributed by atoms with Gasteiger partial charge in [-0.15, -0.1) is 0 Å². The second kappa shape index (κ2) is 4.60. The maximum absolute atomic E-state index is 13.4. The molecule has 1 aromatic heterocycles.